The summed E-state index contributed by atoms with van der Waals surface area (Å²) in [5.41, 5.74) is 4.86. The molecule has 4 aromatic rings. The summed E-state index contributed by atoms with van der Waals surface area (Å²) in [6.45, 7) is 5.37. The first-order chi connectivity index (χ1) is 15.3. The number of nitrogens with one attached hydrogen (secondary N) is 1. The Balaban J connectivity index is 1.58. The Morgan fingerprint density at radius 1 is 1.09 bits per heavy atom. The minimum Gasteiger partial charge on any atom is -0.326 e. The zero-order valence-corrected chi connectivity index (χ0v) is 18.7. The number of nitrogens with zero attached hydrogens (tertiary/aromatic N) is 4. The molecule has 8 heteroatoms. The van der Waals surface area contributed by atoms with Gasteiger partial charge in [0, 0.05) is 42.3 Å². The number of benzene rings is 1. The Labute approximate surface area is 190 Å². The van der Waals surface area contributed by atoms with Crippen LogP contribution in [0.1, 0.15) is 23.6 Å². The van der Waals surface area contributed by atoms with Gasteiger partial charge in [0.2, 0.25) is 11.8 Å². The van der Waals surface area contributed by atoms with E-state index in [1.165, 1.54) is 11.8 Å². The molecule has 3 aromatic heterocycles. The number of anilines is 3. The molecule has 32 heavy (non-hydrogen) atoms. The fourth-order valence-electron chi connectivity index (χ4n) is 3.68. The van der Waals surface area contributed by atoms with Gasteiger partial charge >= 0.3 is 0 Å². The van der Waals surface area contributed by atoms with Crippen molar-refractivity contribution in [2.24, 2.45) is 0 Å². The van der Waals surface area contributed by atoms with Crippen LogP contribution < -0.4 is 10.2 Å². The largest absolute Gasteiger partial charge is 0.326 e. The van der Waals surface area contributed by atoms with Crippen molar-refractivity contribution in [2.75, 3.05) is 10.2 Å². The number of halogens is 1. The van der Waals surface area contributed by atoms with Crippen LogP contribution in [0.5, 0.6) is 0 Å². The highest BCUT2D eigenvalue weighted by Crippen LogP contribution is 2.27. The van der Waals surface area contributed by atoms with Gasteiger partial charge in [0.15, 0.2) is 0 Å². The molecule has 0 aliphatic rings. The van der Waals surface area contributed by atoms with Crippen molar-refractivity contribution >= 4 is 46.1 Å². The monoisotopic (exact) mass is 447 g/mol. The van der Waals surface area contributed by atoms with Gasteiger partial charge in [-0.1, -0.05) is 17.7 Å². The van der Waals surface area contributed by atoms with Crippen LogP contribution in [0.15, 0.2) is 61.1 Å². The molecule has 0 saturated carbocycles. The maximum Gasteiger partial charge on any atom is 0.229 e. The SMILES string of the molecule is CC(=O)N(c1ccn2nccc2c1)c1cc(NC(=O)Cc2c(C)cc(C)cc2Cl)ccn1. The fourth-order valence-corrected chi connectivity index (χ4v) is 4.07. The van der Waals surface area contributed by atoms with Gasteiger partial charge in [0.05, 0.1) is 17.6 Å². The standard InChI is InChI=1S/C24H22ClN5O2/c1-15-10-16(2)21(22(25)11-15)14-24(32)28-18-4-7-26-23(12-18)30(17(3)31)20-6-9-29-19(13-20)5-8-27-29/h4-13H,14H2,1-3H3,(H,26,28,32). The first kappa shape index (κ1) is 21.5. The Hall–Kier alpha value is -3.71. The fraction of sp³-hybridized carbons (Fsp3) is 0.167. The van der Waals surface area contributed by atoms with Crippen LogP contribution in [-0.4, -0.2) is 26.4 Å². The van der Waals surface area contributed by atoms with Crippen LogP contribution in [0, 0.1) is 13.8 Å². The molecular formula is C24H22ClN5O2. The molecule has 162 valence electrons. The molecule has 0 saturated heterocycles. The Kier molecular flexibility index (Phi) is 5.92. The van der Waals surface area contributed by atoms with Crippen LogP contribution >= 0.6 is 11.6 Å². The zero-order chi connectivity index (χ0) is 22.8. The van der Waals surface area contributed by atoms with Gasteiger partial charge in [-0.3, -0.25) is 14.5 Å². The molecule has 0 unspecified atom stereocenters. The lowest BCUT2D eigenvalue weighted by atomic mass is 10.0. The van der Waals surface area contributed by atoms with E-state index < -0.39 is 0 Å². The predicted molar refractivity (Wildman–Crippen MR) is 126 cm³/mol. The third kappa shape index (κ3) is 4.48. The normalized spacial score (nSPS) is 10.9. The summed E-state index contributed by atoms with van der Waals surface area (Å²) in [6.07, 6.45) is 5.17. The zero-order valence-electron chi connectivity index (χ0n) is 18.0. The Bertz CT molecular complexity index is 1310. The Morgan fingerprint density at radius 2 is 1.91 bits per heavy atom. The molecule has 3 heterocycles. The molecule has 4 rings (SSSR count). The van der Waals surface area contributed by atoms with E-state index in [-0.39, 0.29) is 18.2 Å². The maximum absolute atomic E-state index is 12.7. The minimum atomic E-state index is -0.203. The van der Waals surface area contributed by atoms with Crippen molar-refractivity contribution < 1.29 is 9.59 Å². The van der Waals surface area contributed by atoms with Gasteiger partial charge in [-0.15, -0.1) is 0 Å². The molecule has 0 atom stereocenters. The van der Waals surface area contributed by atoms with Crippen molar-refractivity contribution in [1.82, 2.24) is 14.6 Å². The van der Waals surface area contributed by atoms with E-state index in [2.05, 4.69) is 15.4 Å². The molecule has 0 aliphatic heterocycles. The van der Waals surface area contributed by atoms with Crippen molar-refractivity contribution in [1.29, 1.82) is 0 Å². The molecule has 0 fully saturated rings. The number of aryl methyl sites for hydroxylation is 2. The number of pyridine rings is 2. The smallest absolute Gasteiger partial charge is 0.229 e. The number of carbonyl (C=O) groups excluding carboxylic acids is 2. The predicted octanol–water partition coefficient (Wildman–Crippen LogP) is 4.87. The second-order valence-electron chi connectivity index (χ2n) is 7.61. The van der Waals surface area contributed by atoms with Crippen LogP contribution in [-0.2, 0) is 16.0 Å². The van der Waals surface area contributed by atoms with Crippen LogP contribution in [0.25, 0.3) is 5.52 Å². The van der Waals surface area contributed by atoms with Crippen molar-refractivity contribution in [3.63, 3.8) is 0 Å². The van der Waals surface area contributed by atoms with Crippen molar-refractivity contribution in [3.05, 3.63) is 82.8 Å². The lowest BCUT2D eigenvalue weighted by molar-refractivity contribution is -0.116. The number of rotatable bonds is 5. The number of hydrogen-bond acceptors (Lipinski definition) is 4. The van der Waals surface area contributed by atoms with Gasteiger partial charge in [0.25, 0.3) is 0 Å². The van der Waals surface area contributed by atoms with Gasteiger partial charge in [0.1, 0.15) is 5.82 Å². The van der Waals surface area contributed by atoms with E-state index in [0.29, 0.717) is 22.2 Å². The third-order valence-corrected chi connectivity index (χ3v) is 5.45. The first-order valence-electron chi connectivity index (χ1n) is 10.1. The molecule has 1 aromatic carbocycles. The van der Waals surface area contributed by atoms with Gasteiger partial charge in [-0.25, -0.2) is 9.50 Å². The highest BCUT2D eigenvalue weighted by atomic mass is 35.5. The average Bonchev–Trinajstić information content (AvgIpc) is 3.19. The summed E-state index contributed by atoms with van der Waals surface area (Å²) < 4.78 is 1.71. The number of amides is 2. The summed E-state index contributed by atoms with van der Waals surface area (Å²) in [7, 11) is 0. The van der Waals surface area contributed by atoms with Crippen LogP contribution in [0.4, 0.5) is 17.2 Å². The van der Waals surface area contributed by atoms with E-state index in [1.54, 1.807) is 41.3 Å². The summed E-state index contributed by atoms with van der Waals surface area (Å²) in [4.78, 5) is 31.0. The van der Waals surface area contributed by atoms with Gasteiger partial charge < -0.3 is 5.32 Å². The van der Waals surface area contributed by atoms with E-state index >= 15 is 0 Å². The second-order valence-corrected chi connectivity index (χ2v) is 8.02. The third-order valence-electron chi connectivity index (χ3n) is 5.11. The molecule has 0 aliphatic carbocycles. The average molecular weight is 448 g/mol. The highest BCUT2D eigenvalue weighted by molar-refractivity contribution is 6.31. The summed E-state index contributed by atoms with van der Waals surface area (Å²) in [6, 6.07) is 12.7. The summed E-state index contributed by atoms with van der Waals surface area (Å²) >= 11 is 6.34. The molecule has 0 radical (unpaired) electrons. The van der Waals surface area contributed by atoms with E-state index in [1.807, 2.05) is 38.1 Å². The van der Waals surface area contributed by atoms with E-state index in [0.717, 1.165) is 22.2 Å². The lowest BCUT2D eigenvalue weighted by Crippen LogP contribution is -2.24. The summed E-state index contributed by atoms with van der Waals surface area (Å²) in [5, 5.41) is 7.63. The first-order valence-corrected chi connectivity index (χ1v) is 10.5. The van der Waals surface area contributed by atoms with Gasteiger partial charge in [-0.2, -0.15) is 5.10 Å². The molecule has 2 amide bonds. The van der Waals surface area contributed by atoms with E-state index in [9.17, 15) is 9.59 Å². The quantitative estimate of drug-likeness (QED) is 0.473. The molecule has 1 N–H and O–H groups in total. The molecular weight excluding hydrogens is 426 g/mol. The van der Waals surface area contributed by atoms with Gasteiger partial charge in [-0.05, 0) is 60.9 Å². The number of hydrogen-bond donors (Lipinski definition) is 1. The Morgan fingerprint density at radius 3 is 2.66 bits per heavy atom. The molecule has 7 nitrogen and oxygen atoms in total. The topological polar surface area (TPSA) is 79.6 Å². The molecule has 0 bridgehead atoms. The summed E-state index contributed by atoms with van der Waals surface area (Å²) in [5.74, 6) is 0.00155. The van der Waals surface area contributed by atoms with Crippen LogP contribution in [0.3, 0.4) is 0 Å². The lowest BCUT2D eigenvalue weighted by Gasteiger charge is -2.21. The van der Waals surface area contributed by atoms with Crippen molar-refractivity contribution in [3.8, 4) is 0 Å². The van der Waals surface area contributed by atoms with Crippen LogP contribution in [0.2, 0.25) is 5.02 Å². The van der Waals surface area contributed by atoms with E-state index in [4.69, 9.17) is 11.6 Å². The molecule has 0 spiro atoms. The second kappa shape index (κ2) is 8.80. The number of aromatic nitrogens is 3. The number of fused-ring (bicyclic) bond motifs is 1. The number of carbonyl (C=O) groups is 2. The van der Waals surface area contributed by atoms with Crippen molar-refractivity contribution in [2.45, 2.75) is 27.2 Å². The minimum absolute atomic E-state index is 0.150. The maximum atomic E-state index is 12.7. The highest BCUT2D eigenvalue weighted by Gasteiger charge is 2.18.